The maximum absolute atomic E-state index is 12.3. The first-order chi connectivity index (χ1) is 9.78. The van der Waals surface area contributed by atoms with Gasteiger partial charge in [-0.1, -0.05) is 29.3 Å². The average Bonchev–Trinajstić information content (AvgIpc) is 2.36. The normalized spacial score (nSPS) is 11.0. The summed E-state index contributed by atoms with van der Waals surface area (Å²) in [4.78, 5) is 0. The zero-order chi connectivity index (χ0) is 15.6. The maximum Gasteiger partial charge on any atom is 0.573 e. The molecule has 0 saturated heterocycles. The Morgan fingerprint density at radius 2 is 1.76 bits per heavy atom. The van der Waals surface area contributed by atoms with Gasteiger partial charge in [-0.3, -0.25) is 0 Å². The Bertz CT molecular complexity index is 723. The smallest absolute Gasteiger partial charge is 0.406 e. The van der Waals surface area contributed by atoms with E-state index in [2.05, 4.69) is 4.74 Å². The quantitative estimate of drug-likeness (QED) is 0.734. The lowest BCUT2D eigenvalue weighted by atomic mass is 10.0. The minimum absolute atomic E-state index is 0.0257. The van der Waals surface area contributed by atoms with Crippen molar-refractivity contribution in [2.24, 2.45) is 0 Å². The predicted octanol–water partition coefficient (Wildman–Crippen LogP) is 5.43. The second kappa shape index (κ2) is 5.84. The van der Waals surface area contributed by atoms with Crippen LogP contribution in [0, 0.1) is 11.3 Å². The number of hydrogen-bond donors (Lipinski definition) is 0. The first-order valence-corrected chi connectivity index (χ1v) is 6.30. The van der Waals surface area contributed by atoms with Gasteiger partial charge in [-0.05, 0) is 35.9 Å². The molecule has 0 aromatic heterocycles. The highest BCUT2D eigenvalue weighted by Crippen LogP contribution is 2.34. The van der Waals surface area contributed by atoms with Crippen LogP contribution in [0.5, 0.6) is 5.75 Å². The maximum atomic E-state index is 12.3. The molecule has 21 heavy (non-hydrogen) atoms. The molecule has 2 nitrogen and oxygen atoms in total. The fourth-order valence-electron chi connectivity index (χ4n) is 1.74. The Labute approximate surface area is 128 Å². The van der Waals surface area contributed by atoms with Crippen LogP contribution in [0.3, 0.4) is 0 Å². The van der Waals surface area contributed by atoms with E-state index in [1.165, 1.54) is 12.1 Å². The third kappa shape index (κ3) is 4.03. The predicted molar refractivity (Wildman–Crippen MR) is 73.3 cm³/mol. The van der Waals surface area contributed by atoms with Gasteiger partial charge in [0.15, 0.2) is 0 Å². The molecule has 0 radical (unpaired) electrons. The molecule has 0 bridgehead atoms. The lowest BCUT2D eigenvalue weighted by Crippen LogP contribution is -2.17. The van der Waals surface area contributed by atoms with Crippen molar-refractivity contribution in [3.8, 4) is 22.9 Å². The topological polar surface area (TPSA) is 33.0 Å². The van der Waals surface area contributed by atoms with Crippen molar-refractivity contribution in [2.75, 3.05) is 0 Å². The van der Waals surface area contributed by atoms with Crippen molar-refractivity contribution >= 4 is 23.2 Å². The van der Waals surface area contributed by atoms with Gasteiger partial charge in [0.25, 0.3) is 0 Å². The zero-order valence-electron chi connectivity index (χ0n) is 10.2. The van der Waals surface area contributed by atoms with Crippen LogP contribution in [-0.4, -0.2) is 6.36 Å². The number of ether oxygens (including phenoxy) is 1. The number of nitrogens with zero attached hydrogens (tertiary/aromatic N) is 1. The highest BCUT2D eigenvalue weighted by Gasteiger charge is 2.31. The number of hydrogen-bond acceptors (Lipinski definition) is 2. The molecule has 0 aliphatic carbocycles. The summed E-state index contributed by atoms with van der Waals surface area (Å²) in [7, 11) is 0. The molecule has 2 aromatic carbocycles. The van der Waals surface area contributed by atoms with Crippen molar-refractivity contribution in [1.82, 2.24) is 0 Å². The SMILES string of the molecule is N#Cc1cc(OC(F)(F)F)cc(-c2ccc(Cl)cc2Cl)c1. The van der Waals surface area contributed by atoms with Gasteiger partial charge in [0, 0.05) is 15.6 Å². The van der Waals surface area contributed by atoms with E-state index in [0.717, 1.165) is 12.1 Å². The zero-order valence-corrected chi connectivity index (χ0v) is 11.7. The van der Waals surface area contributed by atoms with Crippen molar-refractivity contribution in [3.63, 3.8) is 0 Å². The summed E-state index contributed by atoms with van der Waals surface area (Å²) in [6, 6.07) is 9.91. The molecule has 108 valence electrons. The molecule has 2 rings (SSSR count). The summed E-state index contributed by atoms with van der Waals surface area (Å²) in [5.41, 5.74) is 0.804. The second-order valence-corrected chi connectivity index (χ2v) is 4.87. The van der Waals surface area contributed by atoms with E-state index >= 15 is 0 Å². The summed E-state index contributed by atoms with van der Waals surface area (Å²) in [6.07, 6.45) is -4.84. The lowest BCUT2D eigenvalue weighted by Gasteiger charge is -2.12. The van der Waals surface area contributed by atoms with Gasteiger partial charge in [-0.25, -0.2) is 0 Å². The molecular formula is C14H6Cl2F3NO. The fourth-order valence-corrected chi connectivity index (χ4v) is 2.25. The minimum atomic E-state index is -4.84. The molecule has 0 aliphatic rings. The summed E-state index contributed by atoms with van der Waals surface area (Å²) in [5.74, 6) is -0.484. The Morgan fingerprint density at radius 1 is 1.05 bits per heavy atom. The largest absolute Gasteiger partial charge is 0.573 e. The van der Waals surface area contributed by atoms with Crippen LogP contribution in [0.1, 0.15) is 5.56 Å². The third-order valence-electron chi connectivity index (χ3n) is 2.51. The summed E-state index contributed by atoms with van der Waals surface area (Å²) in [6.45, 7) is 0. The van der Waals surface area contributed by atoms with E-state index in [-0.39, 0.29) is 10.6 Å². The van der Waals surface area contributed by atoms with Gasteiger partial charge >= 0.3 is 6.36 Å². The Morgan fingerprint density at radius 3 is 2.33 bits per heavy atom. The summed E-state index contributed by atoms with van der Waals surface area (Å²) in [5, 5.41) is 9.56. The van der Waals surface area contributed by atoms with Gasteiger partial charge in [0.1, 0.15) is 5.75 Å². The molecule has 0 spiro atoms. The summed E-state index contributed by atoms with van der Waals surface area (Å²) < 4.78 is 40.7. The van der Waals surface area contributed by atoms with E-state index in [1.807, 2.05) is 0 Å². The highest BCUT2D eigenvalue weighted by molar-refractivity contribution is 6.36. The Hall–Kier alpha value is -1.90. The third-order valence-corrected chi connectivity index (χ3v) is 3.06. The van der Waals surface area contributed by atoms with Crippen molar-refractivity contribution in [1.29, 1.82) is 5.26 Å². The second-order valence-electron chi connectivity index (χ2n) is 4.03. The van der Waals surface area contributed by atoms with Crippen LogP contribution < -0.4 is 4.74 Å². The average molecular weight is 332 g/mol. The van der Waals surface area contributed by atoms with Crippen molar-refractivity contribution in [3.05, 3.63) is 52.0 Å². The Balaban J connectivity index is 2.53. The van der Waals surface area contributed by atoms with E-state index < -0.39 is 12.1 Å². The standard InChI is InChI=1S/C14H6Cl2F3NO/c15-10-1-2-12(13(16)6-10)9-3-8(7-20)4-11(5-9)21-14(17,18)19/h1-6H. The first-order valence-electron chi connectivity index (χ1n) is 5.55. The molecule has 0 unspecified atom stereocenters. The van der Waals surface area contributed by atoms with Gasteiger partial charge in [0.05, 0.1) is 11.6 Å². The van der Waals surface area contributed by atoms with Crippen molar-refractivity contribution < 1.29 is 17.9 Å². The van der Waals surface area contributed by atoms with Gasteiger partial charge < -0.3 is 4.74 Å². The van der Waals surface area contributed by atoms with Crippen LogP contribution >= 0.6 is 23.2 Å². The minimum Gasteiger partial charge on any atom is -0.406 e. The molecule has 0 fully saturated rings. The Kier molecular flexibility index (Phi) is 4.31. The van der Waals surface area contributed by atoms with Crippen LogP contribution in [0.2, 0.25) is 10.0 Å². The molecule has 0 atom stereocenters. The van der Waals surface area contributed by atoms with Crippen LogP contribution in [0.25, 0.3) is 11.1 Å². The van der Waals surface area contributed by atoms with Crippen LogP contribution in [-0.2, 0) is 0 Å². The summed E-state index contributed by atoms with van der Waals surface area (Å²) >= 11 is 11.8. The number of halogens is 5. The van der Waals surface area contributed by atoms with Gasteiger partial charge in [0.2, 0.25) is 0 Å². The van der Waals surface area contributed by atoms with E-state index in [1.54, 1.807) is 18.2 Å². The molecule has 2 aromatic rings. The number of nitriles is 1. The molecular weight excluding hydrogens is 326 g/mol. The lowest BCUT2D eigenvalue weighted by molar-refractivity contribution is -0.274. The highest BCUT2D eigenvalue weighted by atomic mass is 35.5. The first kappa shape index (κ1) is 15.5. The van der Waals surface area contributed by atoms with Crippen LogP contribution in [0.4, 0.5) is 13.2 Å². The molecule has 0 aliphatic heterocycles. The van der Waals surface area contributed by atoms with Crippen LogP contribution in [0.15, 0.2) is 36.4 Å². The molecule has 0 amide bonds. The monoisotopic (exact) mass is 331 g/mol. The van der Waals surface area contributed by atoms with E-state index in [0.29, 0.717) is 16.1 Å². The van der Waals surface area contributed by atoms with E-state index in [9.17, 15) is 13.2 Å². The molecule has 0 heterocycles. The fraction of sp³-hybridized carbons (Fsp3) is 0.0714. The number of benzene rings is 2. The van der Waals surface area contributed by atoms with E-state index in [4.69, 9.17) is 28.5 Å². The molecule has 0 N–H and O–H groups in total. The van der Waals surface area contributed by atoms with Crippen molar-refractivity contribution in [2.45, 2.75) is 6.36 Å². The van der Waals surface area contributed by atoms with Gasteiger partial charge in [-0.2, -0.15) is 5.26 Å². The molecule has 7 heteroatoms. The molecule has 0 saturated carbocycles. The van der Waals surface area contributed by atoms with Gasteiger partial charge in [-0.15, -0.1) is 13.2 Å². The number of alkyl halides is 3. The number of rotatable bonds is 2.